The van der Waals surface area contributed by atoms with Crippen molar-refractivity contribution in [3.63, 3.8) is 0 Å². The highest BCUT2D eigenvalue weighted by Gasteiger charge is 2.64. The fraction of sp³-hybridized carbons (Fsp3) is 0.769. The SMILES string of the molecule is C=C[C@]1(O)CCC[C@]2(C)C(=O)CC[C@@]12C. The van der Waals surface area contributed by atoms with Crippen LogP contribution in [0.4, 0.5) is 0 Å². The lowest BCUT2D eigenvalue weighted by Gasteiger charge is -2.53. The van der Waals surface area contributed by atoms with E-state index in [-0.39, 0.29) is 10.8 Å². The highest BCUT2D eigenvalue weighted by Crippen LogP contribution is 2.62. The van der Waals surface area contributed by atoms with E-state index in [1.807, 2.05) is 6.92 Å². The van der Waals surface area contributed by atoms with E-state index in [9.17, 15) is 9.90 Å². The van der Waals surface area contributed by atoms with Crippen molar-refractivity contribution in [3.05, 3.63) is 12.7 Å². The molecular weight excluding hydrogens is 188 g/mol. The van der Waals surface area contributed by atoms with Gasteiger partial charge in [0.05, 0.1) is 5.60 Å². The lowest BCUT2D eigenvalue weighted by Crippen LogP contribution is -2.56. The first-order chi connectivity index (χ1) is 6.90. The van der Waals surface area contributed by atoms with E-state index >= 15 is 0 Å². The number of rotatable bonds is 1. The third-order valence-electron chi connectivity index (χ3n) is 5.21. The number of Topliss-reactive ketones (excluding diaryl/α,β-unsaturated/α-hetero) is 1. The molecule has 0 aromatic heterocycles. The van der Waals surface area contributed by atoms with Crippen LogP contribution in [-0.2, 0) is 4.79 Å². The fourth-order valence-electron chi connectivity index (χ4n) is 3.65. The number of carbonyl (C=O) groups is 1. The second-order valence-electron chi connectivity index (χ2n) is 5.57. The number of hydrogen-bond donors (Lipinski definition) is 1. The monoisotopic (exact) mass is 208 g/mol. The Bertz CT molecular complexity index is 322. The van der Waals surface area contributed by atoms with Crippen LogP contribution < -0.4 is 0 Å². The molecule has 0 spiro atoms. The van der Waals surface area contributed by atoms with Crippen LogP contribution in [0, 0.1) is 10.8 Å². The number of carbonyl (C=O) groups excluding carboxylic acids is 1. The van der Waals surface area contributed by atoms with Gasteiger partial charge in [-0.1, -0.05) is 19.9 Å². The van der Waals surface area contributed by atoms with Gasteiger partial charge in [0.15, 0.2) is 0 Å². The maximum absolute atomic E-state index is 12.0. The maximum Gasteiger partial charge on any atom is 0.139 e. The maximum atomic E-state index is 12.0. The highest BCUT2D eigenvalue weighted by molar-refractivity contribution is 5.88. The summed E-state index contributed by atoms with van der Waals surface area (Å²) in [4.78, 5) is 12.0. The van der Waals surface area contributed by atoms with Crippen molar-refractivity contribution in [2.45, 2.75) is 51.6 Å². The predicted molar refractivity (Wildman–Crippen MR) is 59.5 cm³/mol. The second kappa shape index (κ2) is 2.94. The lowest BCUT2D eigenvalue weighted by molar-refractivity contribution is -0.151. The van der Waals surface area contributed by atoms with Crippen molar-refractivity contribution in [1.82, 2.24) is 0 Å². The number of fused-ring (bicyclic) bond motifs is 1. The van der Waals surface area contributed by atoms with Crippen molar-refractivity contribution in [2.75, 3.05) is 0 Å². The molecule has 2 fully saturated rings. The molecule has 3 atom stereocenters. The van der Waals surface area contributed by atoms with Crippen LogP contribution in [0.15, 0.2) is 12.7 Å². The zero-order valence-electron chi connectivity index (χ0n) is 9.68. The first kappa shape index (κ1) is 10.9. The molecule has 2 heteroatoms. The highest BCUT2D eigenvalue weighted by atomic mass is 16.3. The van der Waals surface area contributed by atoms with Crippen LogP contribution in [0.1, 0.15) is 46.0 Å². The third-order valence-corrected chi connectivity index (χ3v) is 5.21. The molecule has 0 unspecified atom stereocenters. The second-order valence-corrected chi connectivity index (χ2v) is 5.57. The predicted octanol–water partition coefficient (Wildman–Crippen LogP) is 2.46. The van der Waals surface area contributed by atoms with Crippen molar-refractivity contribution < 1.29 is 9.90 Å². The van der Waals surface area contributed by atoms with E-state index in [1.165, 1.54) is 0 Å². The molecule has 2 rings (SSSR count). The fourth-order valence-corrected chi connectivity index (χ4v) is 3.65. The summed E-state index contributed by atoms with van der Waals surface area (Å²) in [6.45, 7) is 7.83. The average Bonchev–Trinajstić information content (AvgIpc) is 2.44. The van der Waals surface area contributed by atoms with Gasteiger partial charge in [-0.15, -0.1) is 6.58 Å². The minimum Gasteiger partial charge on any atom is -0.385 e. The van der Waals surface area contributed by atoms with Gasteiger partial charge < -0.3 is 5.11 Å². The minimum absolute atomic E-state index is 0.308. The summed E-state index contributed by atoms with van der Waals surface area (Å²) >= 11 is 0. The summed E-state index contributed by atoms with van der Waals surface area (Å²) in [6, 6.07) is 0. The molecular formula is C13H20O2. The molecule has 0 aliphatic heterocycles. The Kier molecular flexibility index (Phi) is 2.13. The van der Waals surface area contributed by atoms with Crippen LogP contribution in [0.5, 0.6) is 0 Å². The number of hydrogen-bond acceptors (Lipinski definition) is 2. The van der Waals surface area contributed by atoms with E-state index in [0.29, 0.717) is 12.2 Å². The van der Waals surface area contributed by atoms with Crippen LogP contribution in [-0.4, -0.2) is 16.5 Å². The zero-order valence-corrected chi connectivity index (χ0v) is 9.68. The summed E-state index contributed by atoms with van der Waals surface area (Å²) in [6.07, 6.45) is 5.64. The molecule has 2 nitrogen and oxygen atoms in total. The van der Waals surface area contributed by atoms with Crippen molar-refractivity contribution >= 4 is 5.78 Å². The molecule has 15 heavy (non-hydrogen) atoms. The van der Waals surface area contributed by atoms with E-state index in [0.717, 1.165) is 25.7 Å². The van der Waals surface area contributed by atoms with Crippen molar-refractivity contribution in [3.8, 4) is 0 Å². The Balaban J connectivity index is 2.52. The van der Waals surface area contributed by atoms with Gasteiger partial charge in [-0.2, -0.15) is 0 Å². The molecule has 0 bridgehead atoms. The third kappa shape index (κ3) is 1.06. The van der Waals surface area contributed by atoms with E-state index in [4.69, 9.17) is 0 Å². The number of aliphatic hydroxyl groups is 1. The first-order valence-electron chi connectivity index (χ1n) is 5.79. The lowest BCUT2D eigenvalue weighted by atomic mass is 9.52. The standard InChI is InChI=1S/C13H20O2/c1-4-13(15)8-5-7-11(2)10(14)6-9-12(11,13)3/h4,15H,1,5-9H2,2-3H3/t11-,12-,13+/m1/s1. The summed E-state index contributed by atoms with van der Waals surface area (Å²) < 4.78 is 0. The molecule has 2 aliphatic carbocycles. The largest absolute Gasteiger partial charge is 0.385 e. The van der Waals surface area contributed by atoms with Gasteiger partial charge >= 0.3 is 0 Å². The van der Waals surface area contributed by atoms with Crippen LogP contribution in [0.25, 0.3) is 0 Å². The molecule has 0 amide bonds. The van der Waals surface area contributed by atoms with Crippen LogP contribution in [0.2, 0.25) is 0 Å². The van der Waals surface area contributed by atoms with Crippen LogP contribution >= 0.6 is 0 Å². The summed E-state index contributed by atoms with van der Waals surface area (Å²) in [5.41, 5.74) is -1.50. The average molecular weight is 208 g/mol. The van der Waals surface area contributed by atoms with Gasteiger partial charge in [-0.25, -0.2) is 0 Å². The Labute approximate surface area is 91.4 Å². The van der Waals surface area contributed by atoms with Gasteiger partial charge in [0.1, 0.15) is 5.78 Å². The van der Waals surface area contributed by atoms with Crippen molar-refractivity contribution in [2.24, 2.45) is 10.8 Å². The Morgan fingerprint density at radius 3 is 2.60 bits per heavy atom. The van der Waals surface area contributed by atoms with E-state index < -0.39 is 5.60 Å². The van der Waals surface area contributed by atoms with Gasteiger partial charge in [-0.3, -0.25) is 4.79 Å². The molecule has 0 heterocycles. The minimum atomic E-state index is -0.855. The first-order valence-corrected chi connectivity index (χ1v) is 5.79. The summed E-state index contributed by atoms with van der Waals surface area (Å²) in [5.74, 6) is 0.324. The normalized spacial score (nSPS) is 50.2. The Morgan fingerprint density at radius 1 is 1.33 bits per heavy atom. The molecule has 0 aromatic carbocycles. The number of ketones is 1. The zero-order chi connectivity index (χ0) is 11.3. The van der Waals surface area contributed by atoms with Gasteiger partial charge in [0, 0.05) is 17.3 Å². The van der Waals surface area contributed by atoms with Gasteiger partial charge in [0.2, 0.25) is 0 Å². The molecule has 1 N–H and O–H groups in total. The van der Waals surface area contributed by atoms with Gasteiger partial charge in [-0.05, 0) is 25.7 Å². The van der Waals surface area contributed by atoms with Crippen molar-refractivity contribution in [1.29, 1.82) is 0 Å². The molecule has 84 valence electrons. The summed E-state index contributed by atoms with van der Waals surface area (Å²) in [5, 5.41) is 10.6. The van der Waals surface area contributed by atoms with Gasteiger partial charge in [0.25, 0.3) is 0 Å². The van der Waals surface area contributed by atoms with Crippen LogP contribution in [0.3, 0.4) is 0 Å². The topological polar surface area (TPSA) is 37.3 Å². The molecule has 2 saturated carbocycles. The Hall–Kier alpha value is -0.630. The quantitative estimate of drug-likeness (QED) is 0.672. The molecule has 0 saturated heterocycles. The summed E-state index contributed by atoms with van der Waals surface area (Å²) in [7, 11) is 0. The van der Waals surface area contributed by atoms with E-state index in [2.05, 4.69) is 13.5 Å². The molecule has 0 radical (unpaired) electrons. The smallest absolute Gasteiger partial charge is 0.139 e. The molecule has 2 aliphatic rings. The Morgan fingerprint density at radius 2 is 2.00 bits per heavy atom. The molecule has 0 aromatic rings. The van der Waals surface area contributed by atoms with E-state index in [1.54, 1.807) is 6.08 Å².